The van der Waals surface area contributed by atoms with Crippen molar-refractivity contribution in [3.63, 3.8) is 0 Å². The molecule has 0 saturated heterocycles. The third-order valence-corrected chi connectivity index (χ3v) is 2.67. The number of hydrogen-bond donors (Lipinski definition) is 0. The van der Waals surface area contributed by atoms with Crippen LogP contribution in [0.1, 0.15) is 32.3 Å². The number of carbonyl (C=O) groups excluding carboxylic acids is 1. The Balaban J connectivity index is 2.30. The first-order valence-electron chi connectivity index (χ1n) is 6.58. The summed E-state index contributed by atoms with van der Waals surface area (Å²) in [4.78, 5) is 11.4. The van der Waals surface area contributed by atoms with Crippen LogP contribution in [0.3, 0.4) is 0 Å². The van der Waals surface area contributed by atoms with E-state index < -0.39 is 0 Å². The number of hydrogen-bond acceptors (Lipinski definition) is 3. The van der Waals surface area contributed by atoms with Crippen LogP contribution in [0.2, 0.25) is 0 Å². The topological polar surface area (TPSA) is 35.5 Å². The highest BCUT2D eigenvalue weighted by Crippen LogP contribution is 2.12. The van der Waals surface area contributed by atoms with Gasteiger partial charge in [0.1, 0.15) is 5.75 Å². The number of rotatable bonds is 7. The highest BCUT2D eigenvalue weighted by molar-refractivity contribution is 5.72. The lowest BCUT2D eigenvalue weighted by Gasteiger charge is -2.05. The minimum Gasteiger partial charge on any atom is -0.497 e. The molecule has 0 saturated carbocycles. The molecule has 0 spiro atoms. The third kappa shape index (κ3) is 6.65. The predicted octanol–water partition coefficient (Wildman–Crippen LogP) is 3.69. The van der Waals surface area contributed by atoms with Crippen molar-refractivity contribution in [3.8, 4) is 5.75 Å². The maximum absolute atomic E-state index is 11.4. The Kier molecular flexibility index (Phi) is 6.72. The number of carbonyl (C=O) groups is 1. The van der Waals surface area contributed by atoms with Crippen molar-refractivity contribution < 1.29 is 14.3 Å². The second-order valence-corrected chi connectivity index (χ2v) is 4.78. The normalized spacial score (nSPS) is 10.9. The molecular formula is C16H22O3. The molecule has 0 fully saturated rings. The Morgan fingerprint density at radius 2 is 1.95 bits per heavy atom. The van der Waals surface area contributed by atoms with Crippen molar-refractivity contribution in [1.29, 1.82) is 0 Å². The van der Waals surface area contributed by atoms with Crippen LogP contribution in [-0.2, 0) is 9.53 Å². The fourth-order valence-corrected chi connectivity index (χ4v) is 1.47. The van der Waals surface area contributed by atoms with Gasteiger partial charge in [0.15, 0.2) is 0 Å². The molecule has 0 aliphatic heterocycles. The Hall–Kier alpha value is -1.77. The molecule has 1 aromatic carbocycles. The van der Waals surface area contributed by atoms with E-state index in [4.69, 9.17) is 9.47 Å². The van der Waals surface area contributed by atoms with E-state index in [1.165, 1.54) is 0 Å². The van der Waals surface area contributed by atoms with E-state index in [2.05, 4.69) is 13.8 Å². The molecule has 1 rings (SSSR count). The van der Waals surface area contributed by atoms with Crippen molar-refractivity contribution in [3.05, 3.63) is 35.9 Å². The van der Waals surface area contributed by atoms with Crippen molar-refractivity contribution >= 4 is 12.0 Å². The molecule has 0 amide bonds. The fourth-order valence-electron chi connectivity index (χ4n) is 1.47. The monoisotopic (exact) mass is 262 g/mol. The quantitative estimate of drug-likeness (QED) is 0.703. The molecule has 0 unspecified atom stereocenters. The first-order valence-corrected chi connectivity index (χ1v) is 6.58. The molecule has 0 aromatic heterocycles. The molecule has 19 heavy (non-hydrogen) atoms. The van der Waals surface area contributed by atoms with Crippen LogP contribution in [0, 0.1) is 5.92 Å². The van der Waals surface area contributed by atoms with Gasteiger partial charge in [-0.1, -0.05) is 38.1 Å². The van der Waals surface area contributed by atoms with Crippen LogP contribution in [0.5, 0.6) is 5.75 Å². The minimum atomic E-state index is -0.176. The Bertz CT molecular complexity index is 405. The van der Waals surface area contributed by atoms with Gasteiger partial charge in [-0.3, -0.25) is 4.79 Å². The van der Waals surface area contributed by atoms with E-state index in [1.54, 1.807) is 7.11 Å². The van der Waals surface area contributed by atoms with Crippen LogP contribution in [0.15, 0.2) is 30.3 Å². The van der Waals surface area contributed by atoms with Crippen LogP contribution in [0.25, 0.3) is 6.08 Å². The first-order chi connectivity index (χ1) is 9.11. The van der Waals surface area contributed by atoms with Crippen LogP contribution in [0.4, 0.5) is 0 Å². The maximum atomic E-state index is 11.4. The van der Waals surface area contributed by atoms with Gasteiger partial charge in [0.25, 0.3) is 0 Å². The molecule has 0 aliphatic carbocycles. The summed E-state index contributed by atoms with van der Waals surface area (Å²) in [5, 5.41) is 0. The van der Waals surface area contributed by atoms with E-state index in [-0.39, 0.29) is 5.97 Å². The summed E-state index contributed by atoms with van der Waals surface area (Å²) in [5.74, 6) is 1.21. The van der Waals surface area contributed by atoms with E-state index in [0.717, 1.165) is 17.7 Å². The standard InChI is InChI=1S/C16H22O3/c1-13(2)11-12-19-16(17)6-4-5-14-7-9-15(18-3)10-8-14/h4-5,7-10,13H,6,11-12H2,1-3H3/b5-4+. The lowest BCUT2D eigenvalue weighted by Crippen LogP contribution is -2.06. The zero-order valence-electron chi connectivity index (χ0n) is 11.9. The summed E-state index contributed by atoms with van der Waals surface area (Å²) in [6.45, 7) is 4.72. The SMILES string of the molecule is COc1ccc(/C=C/CC(=O)OCCC(C)C)cc1. The molecule has 104 valence electrons. The summed E-state index contributed by atoms with van der Waals surface area (Å²) in [7, 11) is 1.64. The number of methoxy groups -OCH3 is 1. The van der Waals surface area contributed by atoms with Crippen LogP contribution < -0.4 is 4.74 Å². The fraction of sp³-hybridized carbons (Fsp3) is 0.438. The summed E-state index contributed by atoms with van der Waals surface area (Å²) >= 11 is 0. The van der Waals surface area contributed by atoms with Gasteiger partial charge in [0, 0.05) is 0 Å². The molecule has 0 radical (unpaired) electrons. The summed E-state index contributed by atoms with van der Waals surface area (Å²) in [5.41, 5.74) is 1.04. The average Bonchev–Trinajstić information content (AvgIpc) is 2.39. The Morgan fingerprint density at radius 1 is 1.26 bits per heavy atom. The summed E-state index contributed by atoms with van der Waals surface area (Å²) < 4.78 is 10.2. The van der Waals surface area contributed by atoms with Crippen molar-refractivity contribution in [2.75, 3.05) is 13.7 Å². The smallest absolute Gasteiger partial charge is 0.309 e. The number of benzene rings is 1. The predicted molar refractivity (Wildman–Crippen MR) is 77.1 cm³/mol. The van der Waals surface area contributed by atoms with Gasteiger partial charge in [-0.25, -0.2) is 0 Å². The summed E-state index contributed by atoms with van der Waals surface area (Å²) in [6.07, 6.45) is 4.95. The van der Waals surface area contributed by atoms with Gasteiger partial charge in [-0.15, -0.1) is 0 Å². The molecule has 0 atom stereocenters. The Morgan fingerprint density at radius 3 is 2.53 bits per heavy atom. The highest BCUT2D eigenvalue weighted by Gasteiger charge is 2.00. The summed E-state index contributed by atoms with van der Waals surface area (Å²) in [6, 6.07) is 7.67. The lowest BCUT2D eigenvalue weighted by molar-refractivity contribution is -0.142. The van der Waals surface area contributed by atoms with Gasteiger partial charge >= 0.3 is 5.97 Å². The van der Waals surface area contributed by atoms with Crippen LogP contribution in [-0.4, -0.2) is 19.7 Å². The molecule has 3 nitrogen and oxygen atoms in total. The molecule has 0 N–H and O–H groups in total. The molecule has 0 heterocycles. The maximum Gasteiger partial charge on any atom is 0.309 e. The average molecular weight is 262 g/mol. The van der Waals surface area contributed by atoms with Crippen molar-refractivity contribution in [2.24, 2.45) is 5.92 Å². The second-order valence-electron chi connectivity index (χ2n) is 4.78. The first kappa shape index (κ1) is 15.3. The third-order valence-electron chi connectivity index (χ3n) is 2.67. The zero-order chi connectivity index (χ0) is 14.1. The second kappa shape index (κ2) is 8.35. The number of ether oxygens (including phenoxy) is 2. The molecule has 0 aliphatic rings. The molecule has 3 heteroatoms. The molecular weight excluding hydrogens is 240 g/mol. The van der Waals surface area contributed by atoms with Gasteiger partial charge in [0.2, 0.25) is 0 Å². The van der Waals surface area contributed by atoms with Gasteiger partial charge in [-0.05, 0) is 30.0 Å². The number of esters is 1. The van der Waals surface area contributed by atoms with Crippen molar-refractivity contribution in [1.82, 2.24) is 0 Å². The van der Waals surface area contributed by atoms with Gasteiger partial charge < -0.3 is 9.47 Å². The van der Waals surface area contributed by atoms with Gasteiger partial charge in [0.05, 0.1) is 20.1 Å². The largest absolute Gasteiger partial charge is 0.497 e. The molecule has 1 aromatic rings. The van der Waals surface area contributed by atoms with Gasteiger partial charge in [-0.2, -0.15) is 0 Å². The minimum absolute atomic E-state index is 0.176. The van der Waals surface area contributed by atoms with E-state index in [0.29, 0.717) is 18.9 Å². The lowest BCUT2D eigenvalue weighted by atomic mass is 10.1. The van der Waals surface area contributed by atoms with E-state index in [9.17, 15) is 4.79 Å². The van der Waals surface area contributed by atoms with E-state index >= 15 is 0 Å². The molecule has 0 bridgehead atoms. The highest BCUT2D eigenvalue weighted by atomic mass is 16.5. The van der Waals surface area contributed by atoms with Crippen molar-refractivity contribution in [2.45, 2.75) is 26.7 Å². The Labute approximate surface area is 115 Å². The van der Waals surface area contributed by atoms with E-state index in [1.807, 2.05) is 36.4 Å². The zero-order valence-corrected chi connectivity index (χ0v) is 11.9. The van der Waals surface area contributed by atoms with Crippen LogP contribution >= 0.6 is 0 Å².